The largest absolute Gasteiger partial charge is 0.377 e. The lowest BCUT2D eigenvalue weighted by Crippen LogP contribution is -2.20. The SMILES string of the molecule is CCOC(C)CNc1ncncc1Br. The molecule has 0 amide bonds. The first-order valence-corrected chi connectivity index (χ1v) is 5.34. The summed E-state index contributed by atoms with van der Waals surface area (Å²) in [5.41, 5.74) is 0. The minimum Gasteiger partial charge on any atom is -0.377 e. The number of aromatic nitrogens is 2. The van der Waals surface area contributed by atoms with E-state index in [2.05, 4.69) is 31.2 Å². The number of hydrogen-bond donors (Lipinski definition) is 1. The zero-order chi connectivity index (χ0) is 10.4. The van der Waals surface area contributed by atoms with Crippen molar-refractivity contribution in [2.45, 2.75) is 20.0 Å². The van der Waals surface area contributed by atoms with E-state index in [1.165, 1.54) is 6.33 Å². The van der Waals surface area contributed by atoms with Crippen molar-refractivity contribution in [3.05, 3.63) is 17.0 Å². The molecule has 0 fully saturated rings. The summed E-state index contributed by atoms with van der Waals surface area (Å²) >= 11 is 3.36. The Morgan fingerprint density at radius 1 is 1.64 bits per heavy atom. The van der Waals surface area contributed by atoms with Gasteiger partial charge in [-0.05, 0) is 29.8 Å². The van der Waals surface area contributed by atoms with Gasteiger partial charge in [0.05, 0.1) is 10.6 Å². The van der Waals surface area contributed by atoms with Crippen LogP contribution in [0, 0.1) is 0 Å². The average Bonchev–Trinajstić information content (AvgIpc) is 2.17. The van der Waals surface area contributed by atoms with Gasteiger partial charge in [-0.2, -0.15) is 0 Å². The maximum absolute atomic E-state index is 5.38. The van der Waals surface area contributed by atoms with E-state index in [1.54, 1.807) is 6.20 Å². The first kappa shape index (κ1) is 11.4. The molecule has 0 aliphatic carbocycles. The third kappa shape index (κ3) is 3.59. The summed E-state index contributed by atoms with van der Waals surface area (Å²) in [7, 11) is 0. The molecule has 1 aromatic rings. The quantitative estimate of drug-likeness (QED) is 0.880. The molecule has 1 atom stereocenters. The van der Waals surface area contributed by atoms with Crippen LogP contribution in [0.4, 0.5) is 5.82 Å². The molecule has 4 nitrogen and oxygen atoms in total. The molecular weight excluding hydrogens is 246 g/mol. The first-order chi connectivity index (χ1) is 6.74. The fourth-order valence-electron chi connectivity index (χ4n) is 1.03. The Morgan fingerprint density at radius 3 is 3.07 bits per heavy atom. The molecule has 0 saturated carbocycles. The number of rotatable bonds is 5. The molecule has 0 aromatic carbocycles. The van der Waals surface area contributed by atoms with Gasteiger partial charge >= 0.3 is 0 Å². The summed E-state index contributed by atoms with van der Waals surface area (Å²) in [5.74, 6) is 0.798. The molecule has 0 saturated heterocycles. The predicted molar refractivity (Wildman–Crippen MR) is 59.3 cm³/mol. The summed E-state index contributed by atoms with van der Waals surface area (Å²) in [6.45, 7) is 5.47. The van der Waals surface area contributed by atoms with E-state index in [9.17, 15) is 0 Å². The number of hydrogen-bond acceptors (Lipinski definition) is 4. The number of anilines is 1. The van der Waals surface area contributed by atoms with Gasteiger partial charge in [-0.15, -0.1) is 0 Å². The molecule has 1 heterocycles. The van der Waals surface area contributed by atoms with Crippen molar-refractivity contribution in [2.24, 2.45) is 0 Å². The standard InChI is InChI=1S/C9H14BrN3O/c1-3-14-7(2)4-12-9-8(10)5-11-6-13-9/h5-7H,3-4H2,1-2H3,(H,11,12,13). The van der Waals surface area contributed by atoms with Crippen LogP contribution in [0.25, 0.3) is 0 Å². The highest BCUT2D eigenvalue weighted by Crippen LogP contribution is 2.16. The number of nitrogens with one attached hydrogen (secondary N) is 1. The minimum atomic E-state index is 0.182. The van der Waals surface area contributed by atoms with Crippen LogP contribution in [-0.4, -0.2) is 29.2 Å². The van der Waals surface area contributed by atoms with Gasteiger partial charge in [0.1, 0.15) is 12.1 Å². The highest BCUT2D eigenvalue weighted by atomic mass is 79.9. The van der Waals surface area contributed by atoms with Crippen LogP contribution in [0.2, 0.25) is 0 Å². The summed E-state index contributed by atoms with van der Waals surface area (Å²) in [4.78, 5) is 7.96. The molecule has 1 aromatic heterocycles. The molecule has 78 valence electrons. The van der Waals surface area contributed by atoms with E-state index < -0.39 is 0 Å². The van der Waals surface area contributed by atoms with Crippen molar-refractivity contribution >= 4 is 21.7 Å². The maximum Gasteiger partial charge on any atom is 0.143 e. The first-order valence-electron chi connectivity index (χ1n) is 4.55. The Labute approximate surface area is 92.2 Å². The van der Waals surface area contributed by atoms with Crippen molar-refractivity contribution < 1.29 is 4.74 Å². The lowest BCUT2D eigenvalue weighted by Gasteiger charge is -2.13. The van der Waals surface area contributed by atoms with E-state index in [4.69, 9.17) is 4.74 Å². The van der Waals surface area contributed by atoms with Gasteiger partial charge in [0, 0.05) is 19.3 Å². The Kier molecular flexibility index (Phi) is 4.82. The summed E-state index contributed by atoms with van der Waals surface area (Å²) in [5, 5.41) is 3.17. The van der Waals surface area contributed by atoms with Crippen molar-refractivity contribution in [1.29, 1.82) is 0 Å². The number of ether oxygens (including phenoxy) is 1. The van der Waals surface area contributed by atoms with Crippen LogP contribution >= 0.6 is 15.9 Å². The maximum atomic E-state index is 5.38. The smallest absolute Gasteiger partial charge is 0.143 e. The van der Waals surface area contributed by atoms with Gasteiger partial charge in [0.2, 0.25) is 0 Å². The van der Waals surface area contributed by atoms with E-state index in [0.717, 1.165) is 23.4 Å². The lowest BCUT2D eigenvalue weighted by atomic mass is 10.4. The van der Waals surface area contributed by atoms with Crippen molar-refractivity contribution in [1.82, 2.24) is 9.97 Å². The summed E-state index contributed by atoms with van der Waals surface area (Å²) < 4.78 is 6.25. The van der Waals surface area contributed by atoms with Gasteiger partial charge in [-0.25, -0.2) is 9.97 Å². The zero-order valence-corrected chi connectivity index (χ0v) is 9.91. The molecule has 0 aliphatic heterocycles. The second-order valence-electron chi connectivity index (χ2n) is 2.87. The Bertz CT molecular complexity index is 283. The molecule has 1 unspecified atom stereocenters. The highest BCUT2D eigenvalue weighted by molar-refractivity contribution is 9.10. The van der Waals surface area contributed by atoms with E-state index in [-0.39, 0.29) is 6.10 Å². The third-order valence-electron chi connectivity index (χ3n) is 1.68. The normalized spacial score (nSPS) is 12.5. The monoisotopic (exact) mass is 259 g/mol. The van der Waals surface area contributed by atoms with Crippen LogP contribution < -0.4 is 5.32 Å². The Morgan fingerprint density at radius 2 is 2.43 bits per heavy atom. The summed E-state index contributed by atoms with van der Waals surface area (Å²) in [6, 6.07) is 0. The molecule has 14 heavy (non-hydrogen) atoms. The topological polar surface area (TPSA) is 47.0 Å². The second-order valence-corrected chi connectivity index (χ2v) is 3.72. The minimum absolute atomic E-state index is 0.182. The van der Waals surface area contributed by atoms with Crippen LogP contribution in [0.1, 0.15) is 13.8 Å². The second kappa shape index (κ2) is 5.93. The molecule has 0 bridgehead atoms. The molecular formula is C9H14BrN3O. The predicted octanol–water partition coefficient (Wildman–Crippen LogP) is 2.08. The van der Waals surface area contributed by atoms with Crippen molar-refractivity contribution in [3.8, 4) is 0 Å². The van der Waals surface area contributed by atoms with Crippen LogP contribution in [0.5, 0.6) is 0 Å². The van der Waals surface area contributed by atoms with E-state index >= 15 is 0 Å². The fraction of sp³-hybridized carbons (Fsp3) is 0.556. The number of halogens is 1. The molecule has 1 N–H and O–H groups in total. The average molecular weight is 260 g/mol. The van der Waals surface area contributed by atoms with Crippen LogP contribution in [0.15, 0.2) is 17.0 Å². The van der Waals surface area contributed by atoms with Gasteiger partial charge in [-0.3, -0.25) is 0 Å². The molecule has 5 heteroatoms. The zero-order valence-electron chi connectivity index (χ0n) is 8.33. The van der Waals surface area contributed by atoms with E-state index in [1.807, 2.05) is 13.8 Å². The van der Waals surface area contributed by atoms with E-state index in [0.29, 0.717) is 0 Å². The van der Waals surface area contributed by atoms with Crippen molar-refractivity contribution in [3.63, 3.8) is 0 Å². The molecule has 1 rings (SSSR count). The molecule has 0 radical (unpaired) electrons. The van der Waals surface area contributed by atoms with Gasteiger partial charge < -0.3 is 10.1 Å². The Balaban J connectivity index is 2.41. The Hall–Kier alpha value is -0.680. The van der Waals surface area contributed by atoms with Gasteiger partial charge in [0.15, 0.2) is 0 Å². The number of nitrogens with zero attached hydrogens (tertiary/aromatic N) is 2. The van der Waals surface area contributed by atoms with Gasteiger partial charge in [-0.1, -0.05) is 0 Å². The molecule has 0 spiro atoms. The molecule has 0 aliphatic rings. The van der Waals surface area contributed by atoms with Gasteiger partial charge in [0.25, 0.3) is 0 Å². The highest BCUT2D eigenvalue weighted by Gasteiger charge is 2.03. The summed E-state index contributed by atoms with van der Waals surface area (Å²) in [6.07, 6.45) is 3.40. The fourth-order valence-corrected chi connectivity index (χ4v) is 1.39. The van der Waals surface area contributed by atoms with Crippen molar-refractivity contribution in [2.75, 3.05) is 18.5 Å². The third-order valence-corrected chi connectivity index (χ3v) is 2.26. The van der Waals surface area contributed by atoms with Crippen LogP contribution in [-0.2, 0) is 4.74 Å². The lowest BCUT2D eigenvalue weighted by molar-refractivity contribution is 0.0854. The van der Waals surface area contributed by atoms with Crippen LogP contribution in [0.3, 0.4) is 0 Å².